The van der Waals surface area contributed by atoms with Gasteiger partial charge < -0.3 is 37.0 Å². The number of aliphatic hydroxyl groups is 1. The minimum Gasteiger partial charge on any atom is -0.481 e. The number of aliphatic hydroxyl groups excluding tert-OH is 1. The summed E-state index contributed by atoms with van der Waals surface area (Å²) in [5.74, 6) is -5.30. The van der Waals surface area contributed by atoms with Crippen molar-refractivity contribution in [1.82, 2.24) is 16.0 Å². The third-order valence-electron chi connectivity index (χ3n) is 3.62. The minimum atomic E-state index is -1.65. The lowest BCUT2D eigenvalue weighted by molar-refractivity contribution is -0.147. The van der Waals surface area contributed by atoms with Gasteiger partial charge >= 0.3 is 11.9 Å². The Morgan fingerprint density at radius 3 is 1.82 bits per heavy atom. The van der Waals surface area contributed by atoms with Gasteiger partial charge in [-0.2, -0.15) is 0 Å². The highest BCUT2D eigenvalue weighted by molar-refractivity contribution is 5.94. The average molecular weight is 404 g/mol. The summed E-state index contributed by atoms with van der Waals surface area (Å²) < 4.78 is 0. The van der Waals surface area contributed by atoms with E-state index in [0.717, 1.165) is 0 Å². The van der Waals surface area contributed by atoms with Crippen molar-refractivity contribution < 1.29 is 39.3 Å². The molecule has 0 saturated heterocycles. The molecule has 0 bridgehead atoms. The van der Waals surface area contributed by atoms with E-state index in [0.29, 0.717) is 0 Å². The van der Waals surface area contributed by atoms with Crippen LogP contribution in [0.25, 0.3) is 0 Å². The first-order valence-corrected chi connectivity index (χ1v) is 8.61. The van der Waals surface area contributed by atoms with Crippen LogP contribution in [-0.4, -0.2) is 75.8 Å². The van der Waals surface area contributed by atoms with Crippen molar-refractivity contribution in [2.75, 3.05) is 6.61 Å². The summed E-state index contributed by atoms with van der Waals surface area (Å²) in [6.45, 7) is 4.28. The number of carboxylic acids is 2. The van der Waals surface area contributed by atoms with Crippen LogP contribution in [0.1, 0.15) is 33.6 Å². The monoisotopic (exact) mass is 404 g/mol. The molecule has 8 N–H and O–H groups in total. The molecule has 12 nitrogen and oxygen atoms in total. The summed E-state index contributed by atoms with van der Waals surface area (Å²) in [6, 6.07) is -5.09. The highest BCUT2D eigenvalue weighted by Gasteiger charge is 2.29. The van der Waals surface area contributed by atoms with Gasteiger partial charge in [-0.1, -0.05) is 13.8 Å². The van der Waals surface area contributed by atoms with Crippen LogP contribution in [0.3, 0.4) is 0 Å². The number of aliphatic carboxylic acids is 2. The number of carboxylic acid groups (broad SMARTS) is 2. The first kappa shape index (κ1) is 25.3. The molecule has 0 heterocycles. The lowest BCUT2D eigenvalue weighted by Crippen LogP contribution is -2.57. The summed E-state index contributed by atoms with van der Waals surface area (Å²) in [5.41, 5.74) is 5.41. The molecule has 0 fully saturated rings. The predicted octanol–water partition coefficient (Wildman–Crippen LogP) is -2.61. The topological polar surface area (TPSA) is 208 Å². The number of hydrogen-bond acceptors (Lipinski definition) is 7. The summed E-state index contributed by atoms with van der Waals surface area (Å²) in [4.78, 5) is 58.0. The van der Waals surface area contributed by atoms with Gasteiger partial charge in [-0.3, -0.25) is 19.2 Å². The average Bonchev–Trinajstić information content (AvgIpc) is 2.58. The molecule has 0 rings (SSSR count). The van der Waals surface area contributed by atoms with Crippen molar-refractivity contribution in [3.8, 4) is 0 Å². The third kappa shape index (κ3) is 9.28. The van der Waals surface area contributed by atoms with E-state index in [9.17, 15) is 24.0 Å². The number of carbonyl (C=O) groups excluding carboxylic acids is 3. The summed E-state index contributed by atoms with van der Waals surface area (Å²) in [6.07, 6.45) is -0.604. The Balaban J connectivity index is 5.02. The fourth-order valence-electron chi connectivity index (χ4n) is 2.12. The molecule has 0 spiro atoms. The van der Waals surface area contributed by atoms with Crippen LogP contribution in [0, 0.1) is 5.92 Å². The smallest absolute Gasteiger partial charge is 0.326 e. The van der Waals surface area contributed by atoms with Gasteiger partial charge in [0.2, 0.25) is 17.7 Å². The molecule has 0 radical (unpaired) electrons. The van der Waals surface area contributed by atoms with Crippen molar-refractivity contribution >= 4 is 29.7 Å². The number of nitrogens with two attached hydrogens (primary N) is 1. The van der Waals surface area contributed by atoms with Gasteiger partial charge in [0.1, 0.15) is 24.2 Å². The second kappa shape index (κ2) is 11.9. The molecule has 0 saturated carbocycles. The maximum absolute atomic E-state index is 12.4. The van der Waals surface area contributed by atoms with E-state index >= 15 is 0 Å². The molecular weight excluding hydrogens is 376 g/mol. The Morgan fingerprint density at radius 2 is 1.39 bits per heavy atom. The minimum absolute atomic E-state index is 0.00232. The van der Waals surface area contributed by atoms with E-state index in [1.807, 2.05) is 5.32 Å². The summed E-state index contributed by atoms with van der Waals surface area (Å²) >= 11 is 0. The van der Waals surface area contributed by atoms with E-state index in [1.165, 1.54) is 6.92 Å². The molecule has 28 heavy (non-hydrogen) atoms. The van der Waals surface area contributed by atoms with E-state index < -0.39 is 66.9 Å². The highest BCUT2D eigenvalue weighted by atomic mass is 16.4. The van der Waals surface area contributed by atoms with Crippen LogP contribution in [0.5, 0.6) is 0 Å². The lowest BCUT2D eigenvalue weighted by Gasteiger charge is -2.24. The standard InChI is InChI=1S/C16H28N4O8/c1-7(2)4-10(19-14(25)9(17)6-21)15(26)18-8(3)13(24)20-11(16(27)28)5-12(22)23/h7-11,21H,4-6,17H2,1-3H3,(H,18,26)(H,19,25)(H,20,24)(H,22,23)(H,27,28). The second-order valence-corrected chi connectivity index (χ2v) is 6.71. The molecule has 0 aliphatic heterocycles. The van der Waals surface area contributed by atoms with E-state index in [2.05, 4.69) is 10.6 Å². The molecule has 160 valence electrons. The van der Waals surface area contributed by atoms with Crippen LogP contribution in [-0.2, 0) is 24.0 Å². The number of rotatable bonds is 12. The van der Waals surface area contributed by atoms with Gasteiger partial charge in [0, 0.05) is 0 Å². The fourth-order valence-corrected chi connectivity index (χ4v) is 2.12. The van der Waals surface area contributed by atoms with Gasteiger partial charge in [0.15, 0.2) is 0 Å². The van der Waals surface area contributed by atoms with E-state index in [4.69, 9.17) is 21.1 Å². The maximum atomic E-state index is 12.4. The van der Waals surface area contributed by atoms with Gasteiger partial charge in [0.25, 0.3) is 0 Å². The molecular formula is C16H28N4O8. The zero-order valence-electron chi connectivity index (χ0n) is 16.0. The fraction of sp³-hybridized carbons (Fsp3) is 0.688. The number of carbonyl (C=O) groups is 5. The van der Waals surface area contributed by atoms with Crippen molar-refractivity contribution in [1.29, 1.82) is 0 Å². The third-order valence-corrected chi connectivity index (χ3v) is 3.62. The quantitative estimate of drug-likeness (QED) is 0.181. The van der Waals surface area contributed by atoms with Crippen molar-refractivity contribution in [2.45, 2.75) is 57.8 Å². The summed E-state index contributed by atoms with van der Waals surface area (Å²) in [7, 11) is 0. The van der Waals surface area contributed by atoms with Crippen LogP contribution in [0.15, 0.2) is 0 Å². The highest BCUT2D eigenvalue weighted by Crippen LogP contribution is 2.06. The Morgan fingerprint density at radius 1 is 0.857 bits per heavy atom. The lowest BCUT2D eigenvalue weighted by atomic mass is 10.0. The maximum Gasteiger partial charge on any atom is 0.326 e. The molecule has 0 aromatic carbocycles. The number of nitrogens with one attached hydrogen (secondary N) is 3. The van der Waals surface area contributed by atoms with Crippen LogP contribution < -0.4 is 21.7 Å². The Labute approximate surface area is 161 Å². The van der Waals surface area contributed by atoms with Crippen molar-refractivity contribution in [2.24, 2.45) is 11.7 Å². The molecule has 12 heteroatoms. The molecule has 0 aromatic rings. The molecule has 0 aromatic heterocycles. The van der Waals surface area contributed by atoms with E-state index in [-0.39, 0.29) is 12.3 Å². The predicted molar refractivity (Wildman–Crippen MR) is 95.9 cm³/mol. The van der Waals surface area contributed by atoms with Gasteiger partial charge in [-0.25, -0.2) is 4.79 Å². The van der Waals surface area contributed by atoms with Crippen LogP contribution >= 0.6 is 0 Å². The first-order valence-electron chi connectivity index (χ1n) is 8.61. The molecule has 0 aliphatic rings. The molecule has 4 atom stereocenters. The Bertz CT molecular complexity index is 595. The van der Waals surface area contributed by atoms with Gasteiger partial charge in [0.05, 0.1) is 13.0 Å². The van der Waals surface area contributed by atoms with Gasteiger partial charge in [-0.05, 0) is 19.3 Å². The summed E-state index contributed by atoms with van der Waals surface area (Å²) in [5, 5.41) is 33.3. The van der Waals surface area contributed by atoms with E-state index in [1.54, 1.807) is 13.8 Å². The zero-order chi connectivity index (χ0) is 22.0. The van der Waals surface area contributed by atoms with Crippen LogP contribution in [0.4, 0.5) is 0 Å². The largest absolute Gasteiger partial charge is 0.481 e. The van der Waals surface area contributed by atoms with Crippen LogP contribution in [0.2, 0.25) is 0 Å². The van der Waals surface area contributed by atoms with Crippen molar-refractivity contribution in [3.05, 3.63) is 0 Å². The normalized spacial score (nSPS) is 15.1. The Kier molecular flexibility index (Phi) is 10.7. The van der Waals surface area contributed by atoms with Crippen molar-refractivity contribution in [3.63, 3.8) is 0 Å². The van der Waals surface area contributed by atoms with Gasteiger partial charge in [-0.15, -0.1) is 0 Å². The molecule has 0 aliphatic carbocycles. The molecule has 3 amide bonds. The number of amides is 3. The first-order chi connectivity index (χ1) is 12.9. The number of hydrogen-bond donors (Lipinski definition) is 7. The SMILES string of the molecule is CC(C)CC(NC(=O)C(N)CO)C(=O)NC(C)C(=O)NC(CC(=O)O)C(=O)O. The second-order valence-electron chi connectivity index (χ2n) is 6.71. The molecule has 4 unspecified atom stereocenters. The zero-order valence-corrected chi connectivity index (χ0v) is 16.0. The Hall–Kier alpha value is -2.73.